The van der Waals surface area contributed by atoms with Gasteiger partial charge in [-0.2, -0.15) is 0 Å². The van der Waals surface area contributed by atoms with Crippen LogP contribution in [-0.2, 0) is 32.7 Å². The lowest BCUT2D eigenvalue weighted by Gasteiger charge is -2.28. The average Bonchev–Trinajstić information content (AvgIpc) is 3.21. The molecule has 356 valence electrons. The van der Waals surface area contributed by atoms with E-state index in [1.165, 1.54) is 135 Å². The van der Waals surface area contributed by atoms with Gasteiger partial charge in [0.25, 0.3) is 7.82 Å². The van der Waals surface area contributed by atoms with E-state index in [9.17, 15) is 19.0 Å². The third-order valence-electron chi connectivity index (χ3n) is 10.6. The van der Waals surface area contributed by atoms with Crippen molar-refractivity contribution < 1.29 is 42.1 Å². The Bertz CT molecular complexity index is 1180. The first kappa shape index (κ1) is 59.0. The molecule has 0 N–H and O–H groups in total. The summed E-state index contributed by atoms with van der Waals surface area (Å²) in [6.45, 7) is 4.18. The first-order chi connectivity index (χ1) is 29.5. The Balaban J connectivity index is 4.38. The number of allylic oxidation sites excluding steroid dienone is 8. The Kier molecular flexibility index (Phi) is 41.8. The molecule has 0 aromatic carbocycles. The van der Waals surface area contributed by atoms with Gasteiger partial charge in [0.15, 0.2) is 6.10 Å². The van der Waals surface area contributed by atoms with Gasteiger partial charge in [-0.15, -0.1) is 0 Å². The normalized spacial score (nSPS) is 13.9. The van der Waals surface area contributed by atoms with Gasteiger partial charge in [0.1, 0.15) is 19.8 Å². The summed E-state index contributed by atoms with van der Waals surface area (Å²) in [5, 5.41) is 0. The maximum Gasteiger partial charge on any atom is 0.306 e. The van der Waals surface area contributed by atoms with Crippen LogP contribution >= 0.6 is 7.82 Å². The number of carbonyl (C=O) groups excluding carboxylic acids is 2. The maximum absolute atomic E-state index is 12.7. The van der Waals surface area contributed by atoms with Crippen molar-refractivity contribution in [1.82, 2.24) is 0 Å². The molecule has 61 heavy (non-hydrogen) atoms. The summed E-state index contributed by atoms with van der Waals surface area (Å²) in [5.41, 5.74) is 0. The summed E-state index contributed by atoms with van der Waals surface area (Å²) in [4.78, 5) is 37.6. The van der Waals surface area contributed by atoms with Gasteiger partial charge < -0.3 is 27.9 Å². The first-order valence-electron chi connectivity index (χ1n) is 24.8. The predicted molar refractivity (Wildman–Crippen MR) is 254 cm³/mol. The molecular weight excluding hydrogens is 786 g/mol. The number of phosphoric ester groups is 1. The van der Waals surface area contributed by atoms with Gasteiger partial charge in [0, 0.05) is 12.8 Å². The molecule has 0 aliphatic heterocycles. The molecule has 0 rings (SSSR count). The molecule has 0 heterocycles. The molecule has 1 unspecified atom stereocenters. The van der Waals surface area contributed by atoms with Crippen LogP contribution in [0.15, 0.2) is 48.6 Å². The lowest BCUT2D eigenvalue weighted by molar-refractivity contribution is -0.870. The Morgan fingerprint density at radius 3 is 1.36 bits per heavy atom. The van der Waals surface area contributed by atoms with Crippen LogP contribution in [0.4, 0.5) is 0 Å². The minimum atomic E-state index is -4.64. The number of nitrogens with zero attached hydrogens (tertiary/aromatic N) is 1. The zero-order valence-corrected chi connectivity index (χ0v) is 41.0. The smallest absolute Gasteiger partial charge is 0.306 e. The topological polar surface area (TPSA) is 111 Å². The summed E-state index contributed by atoms with van der Waals surface area (Å²) in [6.07, 6.45) is 51.5. The molecule has 0 spiro atoms. The average molecular weight is 880 g/mol. The summed E-state index contributed by atoms with van der Waals surface area (Å²) >= 11 is 0. The quantitative estimate of drug-likeness (QED) is 0.0195. The van der Waals surface area contributed by atoms with E-state index in [0.29, 0.717) is 23.9 Å². The van der Waals surface area contributed by atoms with Gasteiger partial charge in [0.2, 0.25) is 0 Å². The highest BCUT2D eigenvalue weighted by atomic mass is 31.2. The molecule has 0 saturated carbocycles. The van der Waals surface area contributed by atoms with Crippen molar-refractivity contribution in [2.45, 2.75) is 219 Å². The Morgan fingerprint density at radius 2 is 0.902 bits per heavy atom. The minimum Gasteiger partial charge on any atom is -0.756 e. The van der Waals surface area contributed by atoms with Crippen LogP contribution < -0.4 is 4.89 Å². The lowest BCUT2D eigenvalue weighted by Crippen LogP contribution is -2.37. The maximum atomic E-state index is 12.7. The van der Waals surface area contributed by atoms with Crippen molar-refractivity contribution in [3.05, 3.63) is 48.6 Å². The second-order valence-electron chi connectivity index (χ2n) is 17.8. The van der Waals surface area contributed by atoms with Gasteiger partial charge in [-0.05, 0) is 51.4 Å². The van der Waals surface area contributed by atoms with E-state index in [1.54, 1.807) is 0 Å². The van der Waals surface area contributed by atoms with E-state index in [2.05, 4.69) is 56.4 Å². The van der Waals surface area contributed by atoms with Crippen LogP contribution in [-0.4, -0.2) is 70.0 Å². The van der Waals surface area contributed by atoms with Crippen molar-refractivity contribution in [2.24, 2.45) is 0 Å². The van der Waals surface area contributed by atoms with Crippen molar-refractivity contribution in [2.75, 3.05) is 47.5 Å². The van der Waals surface area contributed by atoms with E-state index in [4.69, 9.17) is 18.5 Å². The standard InChI is InChI=1S/C51H94NO8P/c1-6-8-10-12-14-16-18-20-22-24-25-26-27-28-30-32-34-36-38-40-42-44-51(54)60-49(48-59-61(55,56)58-46-45-52(3,4)5)47-57-50(53)43-41-39-37-35-33-31-29-23-21-19-17-15-13-11-9-7-2/h22,24,26-27,30,32,36,38,49H,6-21,23,25,28-29,31,33-35,37,39-48H2,1-5H3/b24-22+,27-26+,32-30+,38-36+/t49-/m1/s1. The third-order valence-corrected chi connectivity index (χ3v) is 11.6. The molecule has 10 heteroatoms. The van der Waals surface area contributed by atoms with E-state index in [1.807, 2.05) is 27.2 Å². The van der Waals surface area contributed by atoms with Crippen LogP contribution in [0.3, 0.4) is 0 Å². The molecule has 0 saturated heterocycles. The highest BCUT2D eigenvalue weighted by Crippen LogP contribution is 2.38. The fourth-order valence-electron chi connectivity index (χ4n) is 6.71. The molecule has 0 fully saturated rings. The van der Waals surface area contributed by atoms with Gasteiger partial charge in [-0.1, -0.05) is 197 Å². The molecule has 0 aromatic heterocycles. The van der Waals surface area contributed by atoms with E-state index >= 15 is 0 Å². The molecule has 0 radical (unpaired) electrons. The van der Waals surface area contributed by atoms with Crippen molar-refractivity contribution >= 4 is 19.8 Å². The molecule has 0 aliphatic rings. The number of hydrogen-bond donors (Lipinski definition) is 0. The molecule has 9 nitrogen and oxygen atoms in total. The fraction of sp³-hybridized carbons (Fsp3) is 0.804. The van der Waals surface area contributed by atoms with Gasteiger partial charge >= 0.3 is 11.9 Å². The van der Waals surface area contributed by atoms with Crippen LogP contribution in [0.5, 0.6) is 0 Å². The van der Waals surface area contributed by atoms with Gasteiger partial charge in [-0.3, -0.25) is 14.2 Å². The van der Waals surface area contributed by atoms with E-state index < -0.39 is 32.5 Å². The van der Waals surface area contributed by atoms with Crippen LogP contribution in [0, 0.1) is 0 Å². The fourth-order valence-corrected chi connectivity index (χ4v) is 7.44. The number of esters is 2. The van der Waals surface area contributed by atoms with Crippen molar-refractivity contribution in [1.29, 1.82) is 0 Å². The number of rotatable bonds is 45. The lowest BCUT2D eigenvalue weighted by atomic mass is 10.0. The van der Waals surface area contributed by atoms with Gasteiger partial charge in [-0.25, -0.2) is 0 Å². The number of likely N-dealkylation sites (N-methyl/N-ethyl adjacent to an activating group) is 1. The zero-order chi connectivity index (χ0) is 45.0. The summed E-state index contributed by atoms with van der Waals surface area (Å²) in [7, 11) is 1.13. The van der Waals surface area contributed by atoms with E-state index in [-0.39, 0.29) is 26.1 Å². The first-order valence-corrected chi connectivity index (χ1v) is 26.3. The Hall–Kier alpha value is -2.03. The molecular formula is C51H94NO8P. The second kappa shape index (κ2) is 43.2. The largest absolute Gasteiger partial charge is 0.756 e. The SMILES string of the molecule is CCCCCCCCC/C=C/C/C=C/C/C=C/C/C=C/CCCC(=O)O[C@H](COC(=O)CCCCCCCCCCCCCCCCCC)COP(=O)([O-])OCC[N+](C)(C)C. The third kappa shape index (κ3) is 47.3. The molecule has 2 atom stereocenters. The summed E-state index contributed by atoms with van der Waals surface area (Å²) in [6, 6.07) is 0. The zero-order valence-electron chi connectivity index (χ0n) is 40.1. The number of unbranched alkanes of at least 4 members (excludes halogenated alkanes) is 23. The Morgan fingerprint density at radius 1 is 0.508 bits per heavy atom. The van der Waals surface area contributed by atoms with Crippen molar-refractivity contribution in [3.63, 3.8) is 0 Å². The highest BCUT2D eigenvalue weighted by molar-refractivity contribution is 7.45. The number of ether oxygens (including phenoxy) is 2. The van der Waals surface area contributed by atoms with Crippen LogP contribution in [0.2, 0.25) is 0 Å². The monoisotopic (exact) mass is 880 g/mol. The number of carbonyl (C=O) groups is 2. The predicted octanol–water partition coefficient (Wildman–Crippen LogP) is 14.0. The number of phosphoric acid groups is 1. The highest BCUT2D eigenvalue weighted by Gasteiger charge is 2.21. The van der Waals surface area contributed by atoms with Crippen molar-refractivity contribution in [3.8, 4) is 0 Å². The molecule has 0 aliphatic carbocycles. The van der Waals surface area contributed by atoms with E-state index in [0.717, 1.165) is 38.5 Å². The minimum absolute atomic E-state index is 0.0410. The summed E-state index contributed by atoms with van der Waals surface area (Å²) in [5.74, 6) is -0.894. The Labute approximate surface area is 375 Å². The molecule has 0 aromatic rings. The number of hydrogen-bond acceptors (Lipinski definition) is 8. The summed E-state index contributed by atoms with van der Waals surface area (Å²) < 4.78 is 33.9. The number of quaternary nitrogens is 1. The molecule has 0 amide bonds. The molecule has 0 bridgehead atoms. The van der Waals surface area contributed by atoms with Gasteiger partial charge in [0.05, 0.1) is 27.7 Å². The second-order valence-corrected chi connectivity index (χ2v) is 19.2. The van der Waals surface area contributed by atoms with Crippen LogP contribution in [0.1, 0.15) is 213 Å². The van der Waals surface area contributed by atoms with Crippen LogP contribution in [0.25, 0.3) is 0 Å².